The second-order valence-corrected chi connectivity index (χ2v) is 11.8. The molecule has 9 heteroatoms. The van der Waals surface area contributed by atoms with E-state index in [1.54, 1.807) is 30.5 Å². The van der Waals surface area contributed by atoms with Crippen LogP contribution < -0.4 is 5.32 Å². The van der Waals surface area contributed by atoms with Gasteiger partial charge < -0.3 is 10.1 Å². The first-order chi connectivity index (χ1) is 17.3. The maximum absolute atomic E-state index is 13.7. The third-order valence-electron chi connectivity index (χ3n) is 7.58. The summed E-state index contributed by atoms with van der Waals surface area (Å²) >= 11 is 0. The second-order valence-electron chi connectivity index (χ2n) is 9.81. The molecule has 5 rings (SSSR count). The van der Waals surface area contributed by atoms with E-state index in [2.05, 4.69) is 24.1 Å². The molecule has 2 aromatic heterocycles. The minimum absolute atomic E-state index is 0.0723. The standard InChI is InChI=1S/C27H32N4O4S/c1-18-6-5-8-23(19(18)2)30-27(32)22-17-26(25-7-3-4-11-28-25)29-24-10-9-20(16-21(22)24)36(33,34)31-12-14-35-15-13-31/h3-4,7,9-11,16-19,23H,5-6,8,12-15H2,1-2H3,(H,30,32)/t18-,19-,23-/m1/s1. The van der Waals surface area contributed by atoms with Gasteiger partial charge in [-0.05, 0) is 54.7 Å². The van der Waals surface area contributed by atoms with E-state index in [1.165, 1.54) is 4.31 Å². The average Bonchev–Trinajstić information content (AvgIpc) is 2.91. The van der Waals surface area contributed by atoms with Crippen molar-refractivity contribution in [2.45, 2.75) is 44.0 Å². The normalized spacial score (nSPS) is 23.4. The molecule has 2 aliphatic rings. The number of nitrogens with one attached hydrogen (secondary N) is 1. The Morgan fingerprint density at radius 2 is 1.86 bits per heavy atom. The van der Waals surface area contributed by atoms with Crippen LogP contribution in [0.15, 0.2) is 53.6 Å². The van der Waals surface area contributed by atoms with Gasteiger partial charge in [-0.3, -0.25) is 9.78 Å². The van der Waals surface area contributed by atoms with Crippen molar-refractivity contribution in [3.63, 3.8) is 0 Å². The van der Waals surface area contributed by atoms with Crippen molar-refractivity contribution in [1.29, 1.82) is 0 Å². The molecule has 1 saturated carbocycles. The Labute approximate surface area is 212 Å². The fourth-order valence-corrected chi connectivity index (χ4v) is 6.60. The Kier molecular flexibility index (Phi) is 7.05. The van der Waals surface area contributed by atoms with Gasteiger partial charge in [-0.15, -0.1) is 0 Å². The minimum atomic E-state index is -3.72. The number of hydrogen-bond donors (Lipinski definition) is 1. The van der Waals surface area contributed by atoms with Gasteiger partial charge in [0.2, 0.25) is 10.0 Å². The van der Waals surface area contributed by atoms with Gasteiger partial charge >= 0.3 is 0 Å². The summed E-state index contributed by atoms with van der Waals surface area (Å²) < 4.78 is 33.4. The maximum Gasteiger partial charge on any atom is 0.252 e. The quantitative estimate of drug-likeness (QED) is 0.561. The summed E-state index contributed by atoms with van der Waals surface area (Å²) in [5, 5.41) is 3.76. The molecular weight excluding hydrogens is 476 g/mol. The van der Waals surface area contributed by atoms with Crippen molar-refractivity contribution in [2.24, 2.45) is 11.8 Å². The second kappa shape index (κ2) is 10.2. The smallest absolute Gasteiger partial charge is 0.252 e. The van der Waals surface area contributed by atoms with Gasteiger partial charge in [0, 0.05) is 30.7 Å². The Morgan fingerprint density at radius 3 is 2.61 bits per heavy atom. The number of carbonyl (C=O) groups is 1. The number of pyridine rings is 2. The highest BCUT2D eigenvalue weighted by Crippen LogP contribution is 2.31. The lowest BCUT2D eigenvalue weighted by atomic mass is 9.78. The lowest BCUT2D eigenvalue weighted by Crippen LogP contribution is -2.43. The van der Waals surface area contributed by atoms with Crippen molar-refractivity contribution in [3.05, 3.63) is 54.2 Å². The largest absolute Gasteiger partial charge is 0.379 e. The first-order valence-corrected chi connectivity index (χ1v) is 14.0. The number of amides is 1. The molecule has 2 fully saturated rings. The van der Waals surface area contributed by atoms with Crippen LogP contribution in [-0.2, 0) is 14.8 Å². The number of ether oxygens (including phenoxy) is 1. The summed E-state index contributed by atoms with van der Waals surface area (Å²) in [5.74, 6) is 0.683. The fourth-order valence-electron chi connectivity index (χ4n) is 5.17. The van der Waals surface area contributed by atoms with E-state index in [9.17, 15) is 13.2 Å². The number of sulfonamides is 1. The van der Waals surface area contributed by atoms with E-state index in [4.69, 9.17) is 9.72 Å². The van der Waals surface area contributed by atoms with Crippen LogP contribution in [0.25, 0.3) is 22.3 Å². The third kappa shape index (κ3) is 4.87. The summed E-state index contributed by atoms with van der Waals surface area (Å²) in [7, 11) is -3.72. The zero-order valence-corrected chi connectivity index (χ0v) is 21.5. The number of nitrogens with zero attached hydrogens (tertiary/aromatic N) is 3. The van der Waals surface area contributed by atoms with Crippen LogP contribution in [0, 0.1) is 11.8 Å². The van der Waals surface area contributed by atoms with Crippen LogP contribution >= 0.6 is 0 Å². The number of hydrogen-bond acceptors (Lipinski definition) is 6. The monoisotopic (exact) mass is 508 g/mol. The molecule has 0 bridgehead atoms. The van der Waals surface area contributed by atoms with Crippen molar-refractivity contribution in [2.75, 3.05) is 26.3 Å². The lowest BCUT2D eigenvalue weighted by Gasteiger charge is -2.34. The van der Waals surface area contributed by atoms with Gasteiger partial charge in [0.25, 0.3) is 5.91 Å². The summed E-state index contributed by atoms with van der Waals surface area (Å²) in [6, 6.07) is 12.2. The van der Waals surface area contributed by atoms with Crippen LogP contribution in [0.1, 0.15) is 43.5 Å². The molecule has 190 valence electrons. The van der Waals surface area contributed by atoms with E-state index in [-0.39, 0.29) is 16.8 Å². The highest BCUT2D eigenvalue weighted by atomic mass is 32.2. The SMILES string of the molecule is C[C@@H]1[C@H](C)CCC[C@H]1NC(=O)c1cc(-c2ccccn2)nc2ccc(S(=O)(=O)N3CCOCC3)cc12. The summed E-state index contributed by atoms with van der Waals surface area (Å²) in [5.41, 5.74) is 2.18. The number of carbonyl (C=O) groups excluding carboxylic acids is 1. The number of rotatable bonds is 5. The molecule has 1 aromatic carbocycles. The Hall–Kier alpha value is -2.88. The van der Waals surface area contributed by atoms with E-state index in [1.807, 2.05) is 18.2 Å². The molecule has 8 nitrogen and oxygen atoms in total. The molecule has 1 saturated heterocycles. The molecule has 1 amide bonds. The minimum Gasteiger partial charge on any atom is -0.379 e. The molecule has 3 atom stereocenters. The number of aromatic nitrogens is 2. The first kappa shape index (κ1) is 24.8. The molecule has 3 heterocycles. The van der Waals surface area contributed by atoms with Crippen LogP contribution in [-0.4, -0.2) is 60.9 Å². The zero-order valence-electron chi connectivity index (χ0n) is 20.7. The van der Waals surface area contributed by atoms with E-state index in [0.717, 1.165) is 19.3 Å². The molecule has 1 aliphatic carbocycles. The van der Waals surface area contributed by atoms with Crippen LogP contribution in [0.2, 0.25) is 0 Å². The highest BCUT2D eigenvalue weighted by molar-refractivity contribution is 7.89. The molecule has 0 unspecified atom stereocenters. The number of benzene rings is 1. The van der Waals surface area contributed by atoms with Crippen molar-refractivity contribution in [3.8, 4) is 11.4 Å². The van der Waals surface area contributed by atoms with Gasteiger partial charge in [-0.25, -0.2) is 13.4 Å². The predicted molar refractivity (Wildman–Crippen MR) is 138 cm³/mol. The zero-order chi connectivity index (χ0) is 25.3. The Bertz CT molecular complexity index is 1360. The molecule has 0 radical (unpaired) electrons. The van der Waals surface area contributed by atoms with Gasteiger partial charge in [0.15, 0.2) is 0 Å². The van der Waals surface area contributed by atoms with Crippen LogP contribution in [0.3, 0.4) is 0 Å². The third-order valence-corrected chi connectivity index (χ3v) is 9.48. The van der Waals surface area contributed by atoms with Crippen molar-refractivity contribution < 1.29 is 17.9 Å². The Morgan fingerprint density at radius 1 is 1.06 bits per heavy atom. The molecule has 3 aromatic rings. The highest BCUT2D eigenvalue weighted by Gasteiger charge is 2.30. The maximum atomic E-state index is 13.7. The predicted octanol–water partition coefficient (Wildman–Crippen LogP) is 3.87. The fraction of sp³-hybridized carbons (Fsp3) is 0.444. The van der Waals surface area contributed by atoms with Gasteiger partial charge in [-0.2, -0.15) is 4.31 Å². The van der Waals surface area contributed by atoms with E-state index in [0.29, 0.717) is 66.0 Å². The molecule has 1 N–H and O–H groups in total. The van der Waals surface area contributed by atoms with Gasteiger partial charge in [0.1, 0.15) is 0 Å². The summed E-state index contributed by atoms with van der Waals surface area (Å²) in [4.78, 5) is 23.0. The topological polar surface area (TPSA) is 101 Å². The van der Waals surface area contributed by atoms with Crippen molar-refractivity contribution in [1.82, 2.24) is 19.6 Å². The molecule has 36 heavy (non-hydrogen) atoms. The first-order valence-electron chi connectivity index (χ1n) is 12.6. The Balaban J connectivity index is 1.58. The van der Waals surface area contributed by atoms with Crippen molar-refractivity contribution >= 4 is 26.8 Å². The van der Waals surface area contributed by atoms with Crippen LogP contribution in [0.5, 0.6) is 0 Å². The molecular formula is C27H32N4O4S. The lowest BCUT2D eigenvalue weighted by molar-refractivity contribution is 0.0730. The van der Waals surface area contributed by atoms with Crippen LogP contribution in [0.4, 0.5) is 0 Å². The number of morpholine rings is 1. The summed E-state index contributed by atoms with van der Waals surface area (Å²) in [6.45, 7) is 5.77. The number of fused-ring (bicyclic) bond motifs is 1. The molecule has 1 aliphatic heterocycles. The summed E-state index contributed by atoms with van der Waals surface area (Å²) in [6.07, 6.45) is 4.86. The van der Waals surface area contributed by atoms with Gasteiger partial charge in [-0.1, -0.05) is 32.8 Å². The van der Waals surface area contributed by atoms with E-state index < -0.39 is 10.0 Å². The molecule has 0 spiro atoms. The van der Waals surface area contributed by atoms with E-state index >= 15 is 0 Å². The average molecular weight is 509 g/mol. The van der Waals surface area contributed by atoms with Gasteiger partial charge in [0.05, 0.1) is 40.6 Å².